The van der Waals surface area contributed by atoms with Gasteiger partial charge in [-0.15, -0.1) is 12.6 Å². The predicted molar refractivity (Wildman–Crippen MR) is 71.9 cm³/mol. The van der Waals surface area contributed by atoms with E-state index < -0.39 is 0 Å². The summed E-state index contributed by atoms with van der Waals surface area (Å²) in [5.41, 5.74) is 6.48. The standard InChI is InChI=1S/C14H18S/c1-6-7-8-13-11(4)9(2)10(3)12(5)14(13)15/h6-8,15H,1H2,2-5H3/b8-7+. The van der Waals surface area contributed by atoms with Crippen LogP contribution in [0.1, 0.15) is 27.8 Å². The van der Waals surface area contributed by atoms with Crippen LogP contribution in [0.2, 0.25) is 0 Å². The monoisotopic (exact) mass is 218 g/mol. The number of thiol groups is 1. The molecule has 1 aromatic rings. The van der Waals surface area contributed by atoms with Crippen LogP contribution in [0.5, 0.6) is 0 Å². The second-order valence-electron chi connectivity index (χ2n) is 3.86. The highest BCUT2D eigenvalue weighted by Crippen LogP contribution is 2.30. The minimum absolute atomic E-state index is 1.08. The van der Waals surface area contributed by atoms with Gasteiger partial charge in [0.25, 0.3) is 0 Å². The molecular formula is C14H18S. The van der Waals surface area contributed by atoms with Crippen molar-refractivity contribution in [3.05, 3.63) is 46.5 Å². The number of allylic oxidation sites excluding steroid dienone is 2. The van der Waals surface area contributed by atoms with E-state index in [0.717, 1.165) is 4.90 Å². The van der Waals surface area contributed by atoms with Crippen LogP contribution in [0.15, 0.2) is 23.6 Å². The molecule has 0 aliphatic rings. The molecule has 0 aliphatic carbocycles. The summed E-state index contributed by atoms with van der Waals surface area (Å²) in [4.78, 5) is 1.08. The van der Waals surface area contributed by atoms with E-state index in [1.165, 1.54) is 27.8 Å². The van der Waals surface area contributed by atoms with Crippen molar-refractivity contribution in [1.29, 1.82) is 0 Å². The van der Waals surface area contributed by atoms with Crippen molar-refractivity contribution in [2.45, 2.75) is 32.6 Å². The zero-order valence-electron chi connectivity index (χ0n) is 9.89. The van der Waals surface area contributed by atoms with Crippen LogP contribution in [0, 0.1) is 27.7 Å². The summed E-state index contributed by atoms with van der Waals surface area (Å²) in [5.74, 6) is 0. The summed E-state index contributed by atoms with van der Waals surface area (Å²) >= 11 is 4.59. The van der Waals surface area contributed by atoms with Crippen molar-refractivity contribution in [1.82, 2.24) is 0 Å². The molecule has 0 heterocycles. The summed E-state index contributed by atoms with van der Waals surface area (Å²) in [7, 11) is 0. The lowest BCUT2D eigenvalue weighted by atomic mass is 9.94. The van der Waals surface area contributed by atoms with E-state index in [9.17, 15) is 0 Å². The van der Waals surface area contributed by atoms with Crippen LogP contribution in [0.3, 0.4) is 0 Å². The summed E-state index contributed by atoms with van der Waals surface area (Å²) in [5, 5.41) is 0. The SMILES string of the molecule is C=C/C=C/c1c(C)c(C)c(C)c(C)c1S. The first-order chi connectivity index (χ1) is 7.00. The molecule has 0 nitrogen and oxygen atoms in total. The fraction of sp³-hybridized carbons (Fsp3) is 0.286. The van der Waals surface area contributed by atoms with Gasteiger partial charge in [-0.2, -0.15) is 0 Å². The Morgan fingerprint density at radius 2 is 1.47 bits per heavy atom. The maximum Gasteiger partial charge on any atom is 0.0147 e. The van der Waals surface area contributed by atoms with Gasteiger partial charge < -0.3 is 0 Å². The van der Waals surface area contributed by atoms with Gasteiger partial charge in [0, 0.05) is 4.90 Å². The molecule has 0 spiro atoms. The summed E-state index contributed by atoms with van der Waals surface area (Å²) in [6.45, 7) is 12.3. The summed E-state index contributed by atoms with van der Waals surface area (Å²) in [6.07, 6.45) is 5.82. The zero-order valence-corrected chi connectivity index (χ0v) is 10.8. The highest BCUT2D eigenvalue weighted by molar-refractivity contribution is 7.80. The molecule has 0 saturated heterocycles. The van der Waals surface area contributed by atoms with Gasteiger partial charge in [-0.1, -0.05) is 24.8 Å². The lowest BCUT2D eigenvalue weighted by Gasteiger charge is -2.15. The highest BCUT2D eigenvalue weighted by Gasteiger charge is 2.10. The third-order valence-electron chi connectivity index (χ3n) is 3.10. The smallest absolute Gasteiger partial charge is 0.0147 e. The fourth-order valence-electron chi connectivity index (χ4n) is 1.69. The van der Waals surface area contributed by atoms with E-state index in [-0.39, 0.29) is 0 Å². The Morgan fingerprint density at radius 3 is 2.00 bits per heavy atom. The van der Waals surface area contributed by atoms with E-state index in [2.05, 4.69) is 53.0 Å². The Kier molecular flexibility index (Phi) is 3.81. The van der Waals surface area contributed by atoms with Gasteiger partial charge in [-0.05, 0) is 55.5 Å². The minimum atomic E-state index is 1.08. The van der Waals surface area contributed by atoms with Crippen LogP contribution >= 0.6 is 12.6 Å². The molecule has 0 N–H and O–H groups in total. The van der Waals surface area contributed by atoms with Crippen molar-refractivity contribution in [3.63, 3.8) is 0 Å². The van der Waals surface area contributed by atoms with Crippen molar-refractivity contribution in [3.8, 4) is 0 Å². The van der Waals surface area contributed by atoms with Gasteiger partial charge in [0.2, 0.25) is 0 Å². The molecule has 0 amide bonds. The van der Waals surface area contributed by atoms with Crippen LogP contribution in [0.25, 0.3) is 6.08 Å². The summed E-state index contributed by atoms with van der Waals surface area (Å²) in [6, 6.07) is 0. The lowest BCUT2D eigenvalue weighted by Crippen LogP contribution is -1.96. The van der Waals surface area contributed by atoms with E-state index in [4.69, 9.17) is 0 Å². The number of benzene rings is 1. The van der Waals surface area contributed by atoms with Crippen molar-refractivity contribution < 1.29 is 0 Å². The molecular weight excluding hydrogens is 200 g/mol. The van der Waals surface area contributed by atoms with Gasteiger partial charge in [0.05, 0.1) is 0 Å². The lowest BCUT2D eigenvalue weighted by molar-refractivity contribution is 1.14. The van der Waals surface area contributed by atoms with Crippen LogP contribution in [-0.2, 0) is 0 Å². The molecule has 0 saturated carbocycles. The molecule has 1 heteroatoms. The normalized spacial score (nSPS) is 11.0. The number of hydrogen-bond acceptors (Lipinski definition) is 1. The Bertz CT molecular complexity index is 396. The third kappa shape index (κ3) is 2.18. The molecule has 0 bridgehead atoms. The average molecular weight is 218 g/mol. The zero-order chi connectivity index (χ0) is 11.6. The molecule has 1 rings (SSSR count). The molecule has 0 fully saturated rings. The highest BCUT2D eigenvalue weighted by atomic mass is 32.1. The van der Waals surface area contributed by atoms with Crippen LogP contribution in [-0.4, -0.2) is 0 Å². The maximum absolute atomic E-state index is 4.59. The fourth-order valence-corrected chi connectivity index (χ4v) is 2.10. The first-order valence-electron chi connectivity index (χ1n) is 5.09. The topological polar surface area (TPSA) is 0 Å². The molecule has 0 aliphatic heterocycles. The summed E-state index contributed by atoms with van der Waals surface area (Å²) < 4.78 is 0. The van der Waals surface area contributed by atoms with Gasteiger partial charge in [0.1, 0.15) is 0 Å². The molecule has 0 unspecified atom stereocenters. The molecule has 80 valence electrons. The molecule has 0 aromatic heterocycles. The van der Waals surface area contributed by atoms with E-state index in [1.807, 2.05) is 6.08 Å². The van der Waals surface area contributed by atoms with Gasteiger partial charge in [-0.25, -0.2) is 0 Å². The molecule has 15 heavy (non-hydrogen) atoms. The Hall–Kier alpha value is -0.950. The maximum atomic E-state index is 4.59. The van der Waals surface area contributed by atoms with Crippen LogP contribution in [0.4, 0.5) is 0 Å². The average Bonchev–Trinajstić information content (AvgIpc) is 2.24. The van der Waals surface area contributed by atoms with Gasteiger partial charge in [-0.3, -0.25) is 0 Å². The first-order valence-corrected chi connectivity index (χ1v) is 5.53. The second kappa shape index (κ2) is 4.71. The predicted octanol–water partition coefficient (Wildman–Crippen LogP) is 4.41. The van der Waals surface area contributed by atoms with Crippen molar-refractivity contribution >= 4 is 18.7 Å². The van der Waals surface area contributed by atoms with E-state index in [0.29, 0.717) is 0 Å². The van der Waals surface area contributed by atoms with Gasteiger partial charge >= 0.3 is 0 Å². The molecule has 0 atom stereocenters. The molecule has 1 aromatic carbocycles. The number of hydrogen-bond donors (Lipinski definition) is 1. The second-order valence-corrected chi connectivity index (χ2v) is 4.30. The quantitative estimate of drug-likeness (QED) is 0.552. The largest absolute Gasteiger partial charge is 0.143 e. The molecule has 0 radical (unpaired) electrons. The van der Waals surface area contributed by atoms with E-state index >= 15 is 0 Å². The van der Waals surface area contributed by atoms with Crippen LogP contribution < -0.4 is 0 Å². The van der Waals surface area contributed by atoms with Gasteiger partial charge in [0.15, 0.2) is 0 Å². The minimum Gasteiger partial charge on any atom is -0.143 e. The first kappa shape index (κ1) is 12.1. The third-order valence-corrected chi connectivity index (χ3v) is 3.68. The van der Waals surface area contributed by atoms with E-state index in [1.54, 1.807) is 6.08 Å². The van der Waals surface area contributed by atoms with Crippen molar-refractivity contribution in [2.75, 3.05) is 0 Å². The Labute approximate surface area is 98.1 Å². The Morgan fingerprint density at radius 1 is 0.933 bits per heavy atom. The Balaban J connectivity index is 3.52. The van der Waals surface area contributed by atoms with Crippen molar-refractivity contribution in [2.24, 2.45) is 0 Å². The number of rotatable bonds is 2.